The molecule has 0 aliphatic carbocycles. The maximum absolute atomic E-state index is 14.6. The number of rotatable bonds is 8. The largest absolute Gasteiger partial charge is 0.457 e. The first-order valence-electron chi connectivity index (χ1n) is 15.3. The van der Waals surface area contributed by atoms with Crippen molar-refractivity contribution in [1.82, 2.24) is 30.0 Å². The average molecular weight is 621 g/mol. The molecule has 12 heteroatoms. The fourth-order valence-corrected chi connectivity index (χ4v) is 6.14. The minimum absolute atomic E-state index is 0.112. The van der Waals surface area contributed by atoms with Crippen LogP contribution < -0.4 is 21.1 Å². The quantitative estimate of drug-likeness (QED) is 0.203. The molecule has 7 rings (SSSR count). The summed E-state index contributed by atoms with van der Waals surface area (Å²) in [4.78, 5) is 34.8. The molecule has 2 aromatic heterocycles. The number of likely N-dealkylation sites (tertiary alicyclic amines) is 1. The number of piperidine rings is 2. The Morgan fingerprint density at radius 1 is 0.957 bits per heavy atom. The predicted octanol–water partition coefficient (Wildman–Crippen LogP) is 5.06. The number of imide groups is 1. The number of benzene rings is 3. The van der Waals surface area contributed by atoms with Gasteiger partial charge in [-0.1, -0.05) is 24.3 Å². The fourth-order valence-electron chi connectivity index (χ4n) is 6.14. The highest BCUT2D eigenvalue weighted by molar-refractivity contribution is 6.01. The number of nitrogens with zero attached hydrogens (tertiary/aromatic N) is 5. The fraction of sp³-hybridized carbons (Fsp3) is 0.265. The number of nitrogens with one attached hydrogen (secondary N) is 2. The normalized spacial score (nSPS) is 17.6. The summed E-state index contributed by atoms with van der Waals surface area (Å²) in [5, 5.41) is 11.0. The Hall–Kier alpha value is -5.36. The SMILES string of the molecule is Nc1ncnc2c1c(-c1ccc(Oc3ccccc3)cc1)nn2C1CCN(Cc2ccc(F)c(NC3CCC(=O)NC3=O)c2)CC1. The number of aromatic nitrogens is 4. The first-order chi connectivity index (χ1) is 22.4. The summed E-state index contributed by atoms with van der Waals surface area (Å²) in [6.45, 7) is 2.25. The number of hydrogen-bond donors (Lipinski definition) is 3. The molecule has 0 spiro atoms. The molecule has 0 bridgehead atoms. The minimum Gasteiger partial charge on any atom is -0.457 e. The van der Waals surface area contributed by atoms with Gasteiger partial charge in [0.1, 0.15) is 41.2 Å². The zero-order valence-electron chi connectivity index (χ0n) is 25.0. The number of carbonyl (C=O) groups is 2. The van der Waals surface area contributed by atoms with Gasteiger partial charge in [-0.2, -0.15) is 5.10 Å². The minimum atomic E-state index is -0.648. The van der Waals surface area contributed by atoms with E-state index < -0.39 is 17.8 Å². The molecule has 2 saturated heterocycles. The summed E-state index contributed by atoms with van der Waals surface area (Å²) in [6, 6.07) is 21.8. The summed E-state index contributed by atoms with van der Waals surface area (Å²) >= 11 is 0. The van der Waals surface area contributed by atoms with Gasteiger partial charge in [0.05, 0.1) is 17.1 Å². The van der Waals surface area contributed by atoms with E-state index >= 15 is 0 Å². The van der Waals surface area contributed by atoms with Crippen molar-refractivity contribution in [3.05, 3.63) is 90.5 Å². The second-order valence-corrected chi connectivity index (χ2v) is 11.7. The third-order valence-corrected chi connectivity index (χ3v) is 8.53. The van der Waals surface area contributed by atoms with E-state index in [0.717, 1.165) is 59.6 Å². The molecule has 0 saturated carbocycles. The van der Waals surface area contributed by atoms with Crippen LogP contribution in [0.2, 0.25) is 0 Å². The van der Waals surface area contributed by atoms with Gasteiger partial charge in [0.15, 0.2) is 5.65 Å². The molecule has 11 nitrogen and oxygen atoms in total. The molecule has 4 N–H and O–H groups in total. The van der Waals surface area contributed by atoms with Crippen molar-refractivity contribution in [2.24, 2.45) is 0 Å². The highest BCUT2D eigenvalue weighted by Gasteiger charge is 2.28. The van der Waals surface area contributed by atoms with E-state index in [2.05, 4.69) is 25.5 Å². The highest BCUT2D eigenvalue weighted by atomic mass is 19.1. The van der Waals surface area contributed by atoms with Gasteiger partial charge in [0.2, 0.25) is 11.8 Å². The molecular weight excluding hydrogens is 587 g/mol. The maximum Gasteiger partial charge on any atom is 0.249 e. The van der Waals surface area contributed by atoms with Gasteiger partial charge in [-0.05, 0) is 73.4 Å². The molecule has 2 aliphatic rings. The van der Waals surface area contributed by atoms with Crippen molar-refractivity contribution in [3.63, 3.8) is 0 Å². The number of ether oxygens (including phenoxy) is 1. The molecular formula is C34H33FN8O3. The number of nitrogen functional groups attached to an aromatic ring is 1. The van der Waals surface area contributed by atoms with Crippen LogP contribution in [0.1, 0.15) is 37.3 Å². The lowest BCUT2D eigenvalue weighted by Crippen LogP contribution is -2.47. The van der Waals surface area contributed by atoms with Crippen molar-refractivity contribution in [2.45, 2.75) is 44.3 Å². The number of amides is 2. The Morgan fingerprint density at radius 2 is 1.72 bits per heavy atom. The molecule has 3 aromatic carbocycles. The number of carbonyl (C=O) groups excluding carboxylic acids is 2. The van der Waals surface area contributed by atoms with E-state index in [9.17, 15) is 14.0 Å². The van der Waals surface area contributed by atoms with E-state index in [1.54, 1.807) is 12.1 Å². The van der Waals surface area contributed by atoms with Crippen LogP contribution in [0.25, 0.3) is 22.3 Å². The number of fused-ring (bicyclic) bond motifs is 1. The van der Waals surface area contributed by atoms with Crippen molar-refractivity contribution in [2.75, 3.05) is 24.1 Å². The summed E-state index contributed by atoms with van der Waals surface area (Å²) in [5.41, 5.74) is 9.88. The monoisotopic (exact) mass is 620 g/mol. The van der Waals surface area contributed by atoms with Gasteiger partial charge >= 0.3 is 0 Å². The second-order valence-electron chi connectivity index (χ2n) is 11.7. The third-order valence-electron chi connectivity index (χ3n) is 8.53. The average Bonchev–Trinajstić information content (AvgIpc) is 3.46. The van der Waals surface area contributed by atoms with Crippen LogP contribution in [0, 0.1) is 5.82 Å². The number of hydrogen-bond acceptors (Lipinski definition) is 9. The molecule has 2 fully saturated rings. The molecule has 5 aromatic rings. The van der Waals surface area contributed by atoms with Crippen LogP contribution in [0.3, 0.4) is 0 Å². The first kappa shape index (κ1) is 29.4. The molecule has 1 unspecified atom stereocenters. The smallest absolute Gasteiger partial charge is 0.249 e. The van der Waals surface area contributed by atoms with Gasteiger partial charge < -0.3 is 15.8 Å². The number of anilines is 2. The van der Waals surface area contributed by atoms with Gasteiger partial charge in [-0.25, -0.2) is 19.0 Å². The van der Waals surface area contributed by atoms with E-state index in [0.29, 0.717) is 24.4 Å². The van der Waals surface area contributed by atoms with E-state index in [4.69, 9.17) is 15.6 Å². The van der Waals surface area contributed by atoms with Gasteiger partial charge in [-0.3, -0.25) is 19.8 Å². The van der Waals surface area contributed by atoms with Crippen LogP contribution in [0.4, 0.5) is 15.9 Å². The Bertz CT molecular complexity index is 1890. The van der Waals surface area contributed by atoms with E-state index in [-0.39, 0.29) is 24.1 Å². The summed E-state index contributed by atoms with van der Waals surface area (Å²) in [6.07, 6.45) is 3.71. The van der Waals surface area contributed by atoms with Crippen LogP contribution in [0.5, 0.6) is 11.5 Å². The van der Waals surface area contributed by atoms with Crippen LogP contribution in [0.15, 0.2) is 79.1 Å². The number of nitrogens with two attached hydrogens (primary N) is 1. The Morgan fingerprint density at radius 3 is 2.48 bits per heavy atom. The molecule has 0 radical (unpaired) electrons. The number of halogens is 1. The zero-order valence-corrected chi connectivity index (χ0v) is 25.0. The van der Waals surface area contributed by atoms with Crippen LogP contribution in [-0.2, 0) is 16.1 Å². The third kappa shape index (κ3) is 6.11. The van der Waals surface area contributed by atoms with Gasteiger partial charge in [-0.15, -0.1) is 0 Å². The first-order valence-corrected chi connectivity index (χ1v) is 15.3. The lowest BCUT2D eigenvalue weighted by Gasteiger charge is -2.32. The Kier molecular flexibility index (Phi) is 8.02. The van der Waals surface area contributed by atoms with Crippen molar-refractivity contribution in [1.29, 1.82) is 0 Å². The van der Waals surface area contributed by atoms with Crippen molar-refractivity contribution in [3.8, 4) is 22.8 Å². The summed E-state index contributed by atoms with van der Waals surface area (Å²) in [5.74, 6) is 0.685. The molecule has 4 heterocycles. The Balaban J connectivity index is 1.04. The lowest BCUT2D eigenvalue weighted by molar-refractivity contribution is -0.133. The lowest BCUT2D eigenvalue weighted by atomic mass is 10.0. The summed E-state index contributed by atoms with van der Waals surface area (Å²) in [7, 11) is 0. The van der Waals surface area contributed by atoms with Crippen molar-refractivity contribution >= 4 is 34.4 Å². The molecule has 234 valence electrons. The second kappa shape index (κ2) is 12.6. The van der Waals surface area contributed by atoms with Crippen molar-refractivity contribution < 1.29 is 18.7 Å². The van der Waals surface area contributed by atoms with Gasteiger partial charge in [0, 0.05) is 31.6 Å². The molecule has 1 atom stereocenters. The molecule has 46 heavy (non-hydrogen) atoms. The number of para-hydroxylation sites is 1. The van der Waals surface area contributed by atoms with Gasteiger partial charge in [0.25, 0.3) is 0 Å². The zero-order chi connectivity index (χ0) is 31.6. The van der Waals surface area contributed by atoms with Crippen LogP contribution in [-0.4, -0.2) is 55.6 Å². The molecule has 2 aliphatic heterocycles. The standard InChI is InChI=1S/C34H33FN8O3/c35-26-11-6-21(18-28(26)39-27-12-13-29(44)40-34(27)45)19-42-16-14-23(15-17-42)43-33-30(32(36)37-20-38-33)31(41-43)22-7-9-25(10-8-22)46-24-4-2-1-3-5-24/h1-11,18,20,23,27,39H,12-17,19H2,(H2,36,37,38)(H,40,44,45). The highest BCUT2D eigenvalue weighted by Crippen LogP contribution is 2.35. The van der Waals surface area contributed by atoms with E-state index in [1.807, 2.05) is 59.3 Å². The molecule has 2 amide bonds. The van der Waals surface area contributed by atoms with E-state index in [1.165, 1.54) is 12.4 Å². The Labute approximate surface area is 264 Å². The predicted molar refractivity (Wildman–Crippen MR) is 171 cm³/mol. The van der Waals surface area contributed by atoms with Crippen LogP contribution >= 0.6 is 0 Å². The summed E-state index contributed by atoms with van der Waals surface area (Å²) < 4.78 is 22.6. The maximum atomic E-state index is 14.6. The topological polar surface area (TPSA) is 140 Å².